The van der Waals surface area contributed by atoms with Crippen LogP contribution in [0.4, 0.5) is 0 Å². The molecule has 4 rings (SSSR count). The lowest BCUT2D eigenvalue weighted by atomic mass is 9.89. The van der Waals surface area contributed by atoms with Crippen LogP contribution in [0.2, 0.25) is 5.02 Å². The molecule has 3 aromatic rings. The van der Waals surface area contributed by atoms with E-state index in [9.17, 15) is 4.79 Å². The zero-order chi connectivity index (χ0) is 16.0. The molecule has 0 radical (unpaired) electrons. The molecule has 1 aromatic carbocycles. The Morgan fingerprint density at radius 2 is 2.30 bits per heavy atom. The normalized spacial score (nSPS) is 17.4. The summed E-state index contributed by atoms with van der Waals surface area (Å²) >= 11 is 7.64. The van der Waals surface area contributed by atoms with Crippen molar-refractivity contribution in [1.29, 1.82) is 0 Å². The molecule has 0 saturated carbocycles. The molecular formula is C17H16ClN3OS. The lowest BCUT2D eigenvalue weighted by Gasteiger charge is -2.17. The first kappa shape index (κ1) is 14.8. The molecule has 6 heteroatoms. The molecular weight excluding hydrogens is 330 g/mol. The summed E-state index contributed by atoms with van der Waals surface area (Å²) in [6, 6.07) is 7.49. The summed E-state index contributed by atoms with van der Waals surface area (Å²) in [6.45, 7) is 2.65. The van der Waals surface area contributed by atoms with E-state index in [1.54, 1.807) is 11.3 Å². The van der Waals surface area contributed by atoms with Crippen molar-refractivity contribution in [1.82, 2.24) is 15.0 Å². The monoisotopic (exact) mass is 345 g/mol. The summed E-state index contributed by atoms with van der Waals surface area (Å²) in [5.41, 5.74) is 2.11. The third-order valence-electron chi connectivity index (χ3n) is 4.41. The van der Waals surface area contributed by atoms with E-state index in [1.807, 2.05) is 24.3 Å². The van der Waals surface area contributed by atoms with E-state index in [0.29, 0.717) is 17.5 Å². The van der Waals surface area contributed by atoms with E-state index >= 15 is 0 Å². The average molecular weight is 346 g/mol. The van der Waals surface area contributed by atoms with Gasteiger partial charge in [0.25, 0.3) is 5.56 Å². The van der Waals surface area contributed by atoms with Crippen LogP contribution in [-0.2, 0) is 19.4 Å². The highest BCUT2D eigenvalue weighted by molar-refractivity contribution is 7.18. The predicted molar refractivity (Wildman–Crippen MR) is 93.4 cm³/mol. The highest BCUT2D eigenvalue weighted by atomic mass is 35.5. The van der Waals surface area contributed by atoms with Gasteiger partial charge in [-0.1, -0.05) is 35.9 Å². The first-order chi connectivity index (χ1) is 11.1. The number of aryl methyl sites for hydroxylation is 1. The SMILES string of the molecule is C[C@@H]1CCc2c(sc3nnn(Cc4cccc(Cl)c4)c(=O)c23)C1. The van der Waals surface area contributed by atoms with Gasteiger partial charge in [0.2, 0.25) is 0 Å². The number of rotatable bonds is 2. The summed E-state index contributed by atoms with van der Waals surface area (Å²) in [5, 5.41) is 9.84. The van der Waals surface area contributed by atoms with Gasteiger partial charge in [0, 0.05) is 9.90 Å². The summed E-state index contributed by atoms with van der Waals surface area (Å²) in [4.78, 5) is 15.0. The number of aromatic nitrogens is 3. The maximum Gasteiger partial charge on any atom is 0.279 e. The minimum Gasteiger partial charge on any atom is -0.267 e. The Bertz CT molecular complexity index is 947. The molecule has 0 spiro atoms. The van der Waals surface area contributed by atoms with E-state index < -0.39 is 0 Å². The van der Waals surface area contributed by atoms with Crippen molar-refractivity contribution in [2.45, 2.75) is 32.7 Å². The summed E-state index contributed by atoms with van der Waals surface area (Å²) < 4.78 is 1.44. The average Bonchev–Trinajstić information content (AvgIpc) is 2.88. The van der Waals surface area contributed by atoms with E-state index in [-0.39, 0.29) is 5.56 Å². The van der Waals surface area contributed by atoms with E-state index in [2.05, 4.69) is 17.2 Å². The second kappa shape index (κ2) is 5.73. The lowest BCUT2D eigenvalue weighted by Crippen LogP contribution is -2.25. The Labute approximate surface area is 142 Å². The Hall–Kier alpha value is -1.72. The van der Waals surface area contributed by atoms with Crippen LogP contribution in [0.25, 0.3) is 10.2 Å². The van der Waals surface area contributed by atoms with Gasteiger partial charge in [0.1, 0.15) is 0 Å². The minimum absolute atomic E-state index is 0.0398. The van der Waals surface area contributed by atoms with Gasteiger partial charge in [0.05, 0.1) is 11.9 Å². The van der Waals surface area contributed by atoms with Crippen LogP contribution in [0.3, 0.4) is 0 Å². The predicted octanol–water partition coefficient (Wildman–Crippen LogP) is 3.68. The molecule has 0 N–H and O–H groups in total. The molecule has 0 saturated heterocycles. The standard InChI is InChI=1S/C17H16ClN3OS/c1-10-5-6-13-14(7-10)23-16-15(13)17(22)21(20-19-16)9-11-3-2-4-12(18)8-11/h2-4,8,10H,5-7,9H2,1H3/t10-/m1/s1. The van der Waals surface area contributed by atoms with Crippen LogP contribution in [0.15, 0.2) is 29.1 Å². The maximum absolute atomic E-state index is 12.9. The van der Waals surface area contributed by atoms with Crippen LogP contribution < -0.4 is 5.56 Å². The molecule has 0 unspecified atom stereocenters. The zero-order valence-corrected chi connectivity index (χ0v) is 14.3. The maximum atomic E-state index is 12.9. The van der Waals surface area contributed by atoms with Crippen LogP contribution in [0, 0.1) is 5.92 Å². The van der Waals surface area contributed by atoms with Crippen molar-refractivity contribution in [2.24, 2.45) is 5.92 Å². The number of halogens is 1. The van der Waals surface area contributed by atoms with Crippen molar-refractivity contribution >= 4 is 33.2 Å². The van der Waals surface area contributed by atoms with Crippen LogP contribution in [0.5, 0.6) is 0 Å². The fourth-order valence-corrected chi connectivity index (χ4v) is 4.73. The smallest absolute Gasteiger partial charge is 0.267 e. The van der Waals surface area contributed by atoms with Gasteiger partial charge < -0.3 is 0 Å². The van der Waals surface area contributed by atoms with Crippen molar-refractivity contribution in [3.8, 4) is 0 Å². The van der Waals surface area contributed by atoms with E-state index in [4.69, 9.17) is 11.6 Å². The fraction of sp³-hybridized carbons (Fsp3) is 0.353. The molecule has 2 heterocycles. The Morgan fingerprint density at radius 3 is 3.13 bits per heavy atom. The number of fused-ring (bicyclic) bond motifs is 3. The van der Waals surface area contributed by atoms with Gasteiger partial charge in [-0.15, -0.1) is 16.4 Å². The van der Waals surface area contributed by atoms with Gasteiger partial charge in [-0.05, 0) is 48.4 Å². The van der Waals surface area contributed by atoms with Gasteiger partial charge >= 0.3 is 0 Å². The zero-order valence-electron chi connectivity index (χ0n) is 12.8. The Morgan fingerprint density at radius 1 is 1.43 bits per heavy atom. The lowest BCUT2D eigenvalue weighted by molar-refractivity contribution is 0.508. The van der Waals surface area contributed by atoms with Gasteiger partial charge in [-0.2, -0.15) is 0 Å². The molecule has 4 nitrogen and oxygen atoms in total. The largest absolute Gasteiger partial charge is 0.279 e. The van der Waals surface area contributed by atoms with Crippen LogP contribution in [-0.4, -0.2) is 15.0 Å². The summed E-state index contributed by atoms with van der Waals surface area (Å²) in [6.07, 6.45) is 3.15. The molecule has 0 fully saturated rings. The number of hydrogen-bond acceptors (Lipinski definition) is 4. The number of thiophene rings is 1. The fourth-order valence-electron chi connectivity index (χ4n) is 3.20. The number of benzene rings is 1. The van der Waals surface area contributed by atoms with Crippen LogP contribution >= 0.6 is 22.9 Å². The van der Waals surface area contributed by atoms with Crippen molar-refractivity contribution in [3.05, 3.63) is 55.6 Å². The number of nitrogens with zero attached hydrogens (tertiary/aromatic N) is 3. The number of hydrogen-bond donors (Lipinski definition) is 0. The Kier molecular flexibility index (Phi) is 3.70. The molecule has 23 heavy (non-hydrogen) atoms. The molecule has 0 aliphatic heterocycles. The first-order valence-corrected chi connectivity index (χ1v) is 8.94. The third-order valence-corrected chi connectivity index (χ3v) is 5.78. The summed E-state index contributed by atoms with van der Waals surface area (Å²) in [5.74, 6) is 0.678. The van der Waals surface area contributed by atoms with Crippen molar-refractivity contribution < 1.29 is 0 Å². The minimum atomic E-state index is -0.0398. The van der Waals surface area contributed by atoms with Gasteiger partial charge in [0.15, 0.2) is 4.83 Å². The van der Waals surface area contributed by atoms with Gasteiger partial charge in [-0.25, -0.2) is 4.68 Å². The quantitative estimate of drug-likeness (QED) is 0.711. The third kappa shape index (κ3) is 2.68. The highest BCUT2D eigenvalue weighted by Crippen LogP contribution is 2.35. The molecule has 0 bridgehead atoms. The van der Waals surface area contributed by atoms with Crippen molar-refractivity contribution in [3.63, 3.8) is 0 Å². The molecule has 1 aliphatic carbocycles. The molecule has 1 aliphatic rings. The molecule has 2 aromatic heterocycles. The molecule has 1 atom stereocenters. The molecule has 0 amide bonds. The Balaban J connectivity index is 1.80. The summed E-state index contributed by atoms with van der Waals surface area (Å²) in [7, 11) is 0. The van der Waals surface area contributed by atoms with Gasteiger partial charge in [-0.3, -0.25) is 4.79 Å². The van der Waals surface area contributed by atoms with E-state index in [1.165, 1.54) is 15.1 Å². The second-order valence-corrected chi connectivity index (χ2v) is 7.73. The van der Waals surface area contributed by atoms with E-state index in [0.717, 1.165) is 35.0 Å². The molecule has 118 valence electrons. The first-order valence-electron chi connectivity index (χ1n) is 7.74. The van der Waals surface area contributed by atoms with Crippen molar-refractivity contribution in [2.75, 3.05) is 0 Å². The van der Waals surface area contributed by atoms with Crippen LogP contribution in [0.1, 0.15) is 29.3 Å². The topological polar surface area (TPSA) is 47.8 Å². The second-order valence-electron chi connectivity index (χ2n) is 6.21. The highest BCUT2D eigenvalue weighted by Gasteiger charge is 2.23.